The number of aliphatic carboxylic acids is 1. The molecular formula is C21H17F4NO5. The summed E-state index contributed by atoms with van der Waals surface area (Å²) in [7, 11) is 0. The molecule has 3 rings (SSSR count). The molecule has 6 nitrogen and oxygen atoms in total. The minimum atomic E-state index is -4.89. The van der Waals surface area contributed by atoms with Crippen LogP contribution < -0.4 is 4.74 Å². The molecule has 1 aromatic heterocycles. The minimum absolute atomic E-state index is 0.0297. The van der Waals surface area contributed by atoms with Crippen LogP contribution in [0, 0.1) is 12.7 Å². The number of nitrogens with zero attached hydrogens (tertiary/aromatic N) is 1. The van der Waals surface area contributed by atoms with Gasteiger partial charge in [-0.05, 0) is 49.2 Å². The molecule has 3 aromatic rings. The van der Waals surface area contributed by atoms with Crippen molar-refractivity contribution in [2.24, 2.45) is 0 Å². The Morgan fingerprint density at radius 1 is 1.16 bits per heavy atom. The molecule has 31 heavy (non-hydrogen) atoms. The van der Waals surface area contributed by atoms with E-state index in [1.54, 1.807) is 6.92 Å². The number of fused-ring (bicyclic) bond motifs is 1. The smallest absolute Gasteiger partial charge is 0.505 e. The van der Waals surface area contributed by atoms with Gasteiger partial charge in [0.25, 0.3) is 5.91 Å². The van der Waals surface area contributed by atoms with E-state index in [1.807, 2.05) is 0 Å². The molecule has 0 aliphatic carbocycles. The highest BCUT2D eigenvalue weighted by Gasteiger charge is 2.32. The standard InChI is InChI=1S/C21H17F4NO5/c1-3-13(20(29)30)18-10(2)26(16-9-15(22)17(27)8-14(16)18)19(28)11-4-6-12(7-5-11)31-21(23,24)25/h4-9,13,27H,3H2,1-2H3,(H,29,30). The third-order valence-electron chi connectivity index (χ3n) is 4.91. The van der Waals surface area contributed by atoms with E-state index < -0.39 is 41.5 Å². The first-order valence-electron chi connectivity index (χ1n) is 9.11. The first kappa shape index (κ1) is 22.1. The molecule has 1 heterocycles. The van der Waals surface area contributed by atoms with E-state index in [1.165, 1.54) is 6.92 Å². The number of aromatic nitrogens is 1. The van der Waals surface area contributed by atoms with Crippen LogP contribution in [-0.2, 0) is 4.79 Å². The summed E-state index contributed by atoms with van der Waals surface area (Å²) in [5, 5.41) is 19.6. The lowest BCUT2D eigenvalue weighted by atomic mass is 9.94. The quantitative estimate of drug-likeness (QED) is 0.549. The largest absolute Gasteiger partial charge is 0.573 e. The molecule has 0 saturated heterocycles. The Bertz CT molecular complexity index is 1170. The Morgan fingerprint density at radius 3 is 2.29 bits per heavy atom. The number of phenols is 1. The number of phenolic OH excluding ortho intramolecular Hbond substituents is 1. The summed E-state index contributed by atoms with van der Waals surface area (Å²) < 4.78 is 56.0. The zero-order chi connectivity index (χ0) is 23.1. The van der Waals surface area contributed by atoms with Crippen LogP contribution >= 0.6 is 0 Å². The van der Waals surface area contributed by atoms with Gasteiger partial charge in [0.1, 0.15) is 5.75 Å². The van der Waals surface area contributed by atoms with Crippen molar-refractivity contribution in [2.75, 3.05) is 0 Å². The van der Waals surface area contributed by atoms with Gasteiger partial charge in [0.05, 0.1) is 11.4 Å². The van der Waals surface area contributed by atoms with E-state index in [9.17, 15) is 37.4 Å². The van der Waals surface area contributed by atoms with Gasteiger partial charge in [-0.1, -0.05) is 6.92 Å². The SMILES string of the molecule is CCC(C(=O)O)c1c(C)n(C(=O)c2ccc(OC(F)(F)F)cc2)c2cc(F)c(O)cc12. The van der Waals surface area contributed by atoms with E-state index in [4.69, 9.17) is 0 Å². The summed E-state index contributed by atoms with van der Waals surface area (Å²) in [5.41, 5.74) is 0.460. The molecule has 0 radical (unpaired) electrons. The van der Waals surface area contributed by atoms with Gasteiger partial charge < -0.3 is 14.9 Å². The zero-order valence-electron chi connectivity index (χ0n) is 16.3. The van der Waals surface area contributed by atoms with Gasteiger partial charge >= 0.3 is 12.3 Å². The molecule has 0 amide bonds. The highest BCUT2D eigenvalue weighted by Crippen LogP contribution is 2.37. The van der Waals surface area contributed by atoms with Crippen LogP contribution in [0.15, 0.2) is 36.4 Å². The topological polar surface area (TPSA) is 88.8 Å². The summed E-state index contributed by atoms with van der Waals surface area (Å²) in [6.07, 6.45) is -4.72. The van der Waals surface area contributed by atoms with Crippen molar-refractivity contribution >= 4 is 22.8 Å². The molecule has 0 aliphatic rings. The molecule has 0 saturated carbocycles. The van der Waals surface area contributed by atoms with E-state index in [0.717, 1.165) is 41.0 Å². The fourth-order valence-corrected chi connectivity index (χ4v) is 3.58. The van der Waals surface area contributed by atoms with Crippen LogP contribution in [0.25, 0.3) is 10.9 Å². The lowest BCUT2D eigenvalue weighted by molar-refractivity contribution is -0.274. The highest BCUT2D eigenvalue weighted by molar-refractivity contribution is 6.05. The molecule has 0 aliphatic heterocycles. The number of hydrogen-bond donors (Lipinski definition) is 2. The molecule has 1 unspecified atom stereocenters. The predicted molar refractivity (Wildman–Crippen MR) is 102 cm³/mol. The van der Waals surface area contributed by atoms with Crippen molar-refractivity contribution in [1.82, 2.24) is 4.57 Å². The van der Waals surface area contributed by atoms with Gasteiger partial charge in [-0.15, -0.1) is 13.2 Å². The zero-order valence-corrected chi connectivity index (χ0v) is 16.3. The predicted octanol–water partition coefficient (Wildman–Crippen LogP) is 4.96. The van der Waals surface area contributed by atoms with Crippen molar-refractivity contribution in [2.45, 2.75) is 32.5 Å². The first-order valence-corrected chi connectivity index (χ1v) is 9.11. The number of benzene rings is 2. The second kappa shape index (κ2) is 7.93. The fourth-order valence-electron chi connectivity index (χ4n) is 3.58. The first-order chi connectivity index (χ1) is 14.4. The number of carbonyl (C=O) groups is 2. The van der Waals surface area contributed by atoms with Crippen molar-refractivity contribution in [1.29, 1.82) is 0 Å². The van der Waals surface area contributed by atoms with Crippen molar-refractivity contribution < 1.29 is 42.1 Å². The monoisotopic (exact) mass is 439 g/mol. The Labute approximate surface area is 173 Å². The number of rotatable bonds is 5. The normalized spacial score (nSPS) is 12.7. The molecule has 164 valence electrons. The Hall–Kier alpha value is -3.56. The number of halogens is 4. The summed E-state index contributed by atoms with van der Waals surface area (Å²) in [5.74, 6) is -5.13. The number of aromatic hydroxyl groups is 1. The summed E-state index contributed by atoms with van der Waals surface area (Å²) in [6.45, 7) is 3.11. The molecule has 0 spiro atoms. The van der Waals surface area contributed by atoms with Crippen LogP contribution in [0.2, 0.25) is 0 Å². The van der Waals surface area contributed by atoms with Crippen LogP contribution in [-0.4, -0.2) is 33.0 Å². The van der Waals surface area contributed by atoms with Crippen molar-refractivity contribution in [3.05, 3.63) is 59.0 Å². The van der Waals surface area contributed by atoms with Gasteiger partial charge in [0.2, 0.25) is 0 Å². The lowest BCUT2D eigenvalue weighted by Crippen LogP contribution is -2.18. The lowest BCUT2D eigenvalue weighted by Gasteiger charge is -2.12. The second-order valence-corrected chi connectivity index (χ2v) is 6.83. The van der Waals surface area contributed by atoms with Gasteiger partial charge in [-0.25, -0.2) is 4.39 Å². The third kappa shape index (κ3) is 4.18. The number of carboxylic acids is 1. The van der Waals surface area contributed by atoms with Crippen LogP contribution in [0.3, 0.4) is 0 Å². The van der Waals surface area contributed by atoms with E-state index in [2.05, 4.69) is 4.74 Å². The average molecular weight is 439 g/mol. The number of ether oxygens (including phenoxy) is 1. The van der Waals surface area contributed by atoms with Gasteiger partial charge in [-0.2, -0.15) is 0 Å². The minimum Gasteiger partial charge on any atom is -0.505 e. The van der Waals surface area contributed by atoms with Crippen LogP contribution in [0.5, 0.6) is 11.5 Å². The molecule has 10 heteroatoms. The Balaban J connectivity index is 2.17. The van der Waals surface area contributed by atoms with Crippen LogP contribution in [0.1, 0.15) is 40.9 Å². The summed E-state index contributed by atoms with van der Waals surface area (Å²) in [6, 6.07) is 6.11. The van der Waals surface area contributed by atoms with E-state index >= 15 is 0 Å². The molecular weight excluding hydrogens is 422 g/mol. The fraction of sp³-hybridized carbons (Fsp3) is 0.238. The maximum absolute atomic E-state index is 14.1. The number of carbonyl (C=O) groups excluding carboxylic acids is 1. The van der Waals surface area contributed by atoms with Crippen molar-refractivity contribution in [3.63, 3.8) is 0 Å². The molecule has 1 atom stereocenters. The maximum Gasteiger partial charge on any atom is 0.573 e. The molecule has 0 bridgehead atoms. The molecule has 2 aromatic carbocycles. The van der Waals surface area contributed by atoms with Gasteiger partial charge in [-0.3, -0.25) is 14.2 Å². The van der Waals surface area contributed by atoms with Gasteiger partial charge in [0.15, 0.2) is 11.6 Å². The Morgan fingerprint density at radius 2 is 1.77 bits per heavy atom. The van der Waals surface area contributed by atoms with Crippen LogP contribution in [0.4, 0.5) is 17.6 Å². The molecule has 2 N–H and O–H groups in total. The number of alkyl halides is 3. The summed E-state index contributed by atoms with van der Waals surface area (Å²) in [4.78, 5) is 24.9. The van der Waals surface area contributed by atoms with E-state index in [0.29, 0.717) is 0 Å². The molecule has 0 fully saturated rings. The van der Waals surface area contributed by atoms with E-state index in [-0.39, 0.29) is 34.1 Å². The van der Waals surface area contributed by atoms with Gasteiger partial charge in [0, 0.05) is 22.7 Å². The Kier molecular flexibility index (Phi) is 5.66. The third-order valence-corrected chi connectivity index (χ3v) is 4.91. The van der Waals surface area contributed by atoms with Crippen molar-refractivity contribution in [3.8, 4) is 11.5 Å². The summed E-state index contributed by atoms with van der Waals surface area (Å²) >= 11 is 0. The second-order valence-electron chi connectivity index (χ2n) is 6.83. The number of hydrogen-bond acceptors (Lipinski definition) is 4. The highest BCUT2D eigenvalue weighted by atomic mass is 19.4. The maximum atomic E-state index is 14.1. The number of carboxylic acid groups (broad SMARTS) is 1. The average Bonchev–Trinajstić information content (AvgIpc) is 2.93.